The van der Waals surface area contributed by atoms with Crippen LogP contribution >= 0.6 is 0 Å². The Balaban J connectivity index is 2.03. The summed E-state index contributed by atoms with van der Waals surface area (Å²) in [5, 5.41) is 3.21. The molecule has 4 heteroatoms. The molecule has 0 saturated heterocycles. The smallest absolute Gasteiger partial charge is 0.195 e. The fourth-order valence-corrected chi connectivity index (χ4v) is 2.51. The standard InChI is InChI=1S/C20H19N3O/c1-2-14-10-11-16(19(24)15-7-4-3-5-8-15)18(13-14)23-20-17(21)9-6-12-22-20/h3-13H,2,21H2,1H3,(H,22,23). The van der Waals surface area contributed by atoms with Gasteiger partial charge in [0.2, 0.25) is 0 Å². The van der Waals surface area contributed by atoms with Crippen molar-refractivity contribution in [2.45, 2.75) is 13.3 Å². The molecule has 0 spiro atoms. The van der Waals surface area contributed by atoms with Gasteiger partial charge in [-0.25, -0.2) is 4.98 Å². The number of aromatic nitrogens is 1. The van der Waals surface area contributed by atoms with Crippen molar-refractivity contribution in [2.75, 3.05) is 11.1 Å². The summed E-state index contributed by atoms with van der Waals surface area (Å²) < 4.78 is 0. The number of hydrogen-bond acceptors (Lipinski definition) is 4. The van der Waals surface area contributed by atoms with Crippen LogP contribution in [0.2, 0.25) is 0 Å². The number of nitrogen functional groups attached to an aromatic ring is 1. The second-order valence-electron chi connectivity index (χ2n) is 5.49. The molecule has 4 nitrogen and oxygen atoms in total. The Bertz CT molecular complexity index is 860. The van der Waals surface area contributed by atoms with E-state index in [-0.39, 0.29) is 5.78 Å². The van der Waals surface area contributed by atoms with Gasteiger partial charge in [-0.2, -0.15) is 0 Å². The predicted molar refractivity (Wildman–Crippen MR) is 97.6 cm³/mol. The molecule has 0 radical (unpaired) electrons. The lowest BCUT2D eigenvalue weighted by Gasteiger charge is -2.14. The third-order valence-electron chi connectivity index (χ3n) is 3.86. The first-order valence-corrected chi connectivity index (χ1v) is 7.89. The molecule has 1 heterocycles. The van der Waals surface area contributed by atoms with Gasteiger partial charge in [0.25, 0.3) is 0 Å². The summed E-state index contributed by atoms with van der Waals surface area (Å²) >= 11 is 0. The second kappa shape index (κ2) is 6.96. The average molecular weight is 317 g/mol. The van der Waals surface area contributed by atoms with Gasteiger partial charge in [0.05, 0.1) is 11.4 Å². The maximum Gasteiger partial charge on any atom is 0.195 e. The molecular weight excluding hydrogens is 298 g/mol. The Morgan fingerprint density at radius 1 is 1.08 bits per heavy atom. The summed E-state index contributed by atoms with van der Waals surface area (Å²) in [6.07, 6.45) is 2.55. The number of nitrogens with zero attached hydrogens (tertiary/aromatic N) is 1. The number of pyridine rings is 1. The Labute approximate surface area is 141 Å². The van der Waals surface area contributed by atoms with Crippen LogP contribution in [0.1, 0.15) is 28.4 Å². The van der Waals surface area contributed by atoms with E-state index in [1.807, 2.05) is 48.5 Å². The zero-order valence-electron chi connectivity index (χ0n) is 13.5. The summed E-state index contributed by atoms with van der Waals surface area (Å²) in [6, 6.07) is 18.6. The van der Waals surface area contributed by atoms with E-state index in [1.54, 1.807) is 18.3 Å². The predicted octanol–water partition coefficient (Wildman–Crippen LogP) is 4.20. The number of anilines is 3. The Hall–Kier alpha value is -3.14. The number of ketones is 1. The monoisotopic (exact) mass is 317 g/mol. The molecule has 0 atom stereocenters. The van der Waals surface area contributed by atoms with Crippen LogP contribution in [0.15, 0.2) is 66.9 Å². The molecule has 3 aromatic rings. The molecule has 0 amide bonds. The minimum Gasteiger partial charge on any atom is -0.396 e. The van der Waals surface area contributed by atoms with E-state index in [4.69, 9.17) is 5.73 Å². The SMILES string of the molecule is CCc1ccc(C(=O)c2ccccc2)c(Nc2ncccc2N)c1. The van der Waals surface area contributed by atoms with Crippen molar-refractivity contribution in [1.29, 1.82) is 0 Å². The van der Waals surface area contributed by atoms with Crippen LogP contribution < -0.4 is 11.1 Å². The summed E-state index contributed by atoms with van der Waals surface area (Å²) in [7, 11) is 0. The number of aryl methyl sites for hydroxylation is 1. The van der Waals surface area contributed by atoms with E-state index in [9.17, 15) is 4.79 Å². The zero-order chi connectivity index (χ0) is 16.9. The Morgan fingerprint density at radius 3 is 2.58 bits per heavy atom. The molecule has 0 saturated carbocycles. The van der Waals surface area contributed by atoms with E-state index in [1.165, 1.54) is 0 Å². The van der Waals surface area contributed by atoms with Crippen LogP contribution in [0.4, 0.5) is 17.2 Å². The number of carbonyl (C=O) groups is 1. The van der Waals surface area contributed by atoms with Gasteiger partial charge in [-0.15, -0.1) is 0 Å². The quantitative estimate of drug-likeness (QED) is 0.692. The van der Waals surface area contributed by atoms with Crippen molar-refractivity contribution in [3.63, 3.8) is 0 Å². The van der Waals surface area contributed by atoms with Gasteiger partial charge in [0.15, 0.2) is 11.6 Å². The van der Waals surface area contributed by atoms with Gasteiger partial charge in [-0.05, 0) is 36.2 Å². The van der Waals surface area contributed by atoms with Gasteiger partial charge in [0.1, 0.15) is 0 Å². The number of nitrogens with two attached hydrogens (primary N) is 1. The maximum atomic E-state index is 12.9. The zero-order valence-corrected chi connectivity index (χ0v) is 13.5. The topological polar surface area (TPSA) is 68.0 Å². The highest BCUT2D eigenvalue weighted by molar-refractivity contribution is 6.12. The van der Waals surface area contributed by atoms with Crippen molar-refractivity contribution < 1.29 is 4.79 Å². The molecule has 1 aromatic heterocycles. The Kier molecular flexibility index (Phi) is 4.57. The van der Waals surface area contributed by atoms with Crippen molar-refractivity contribution in [2.24, 2.45) is 0 Å². The minimum atomic E-state index is -0.0322. The van der Waals surface area contributed by atoms with Crippen molar-refractivity contribution in [3.8, 4) is 0 Å². The average Bonchev–Trinajstić information content (AvgIpc) is 2.63. The van der Waals surface area contributed by atoms with Crippen LogP contribution in [0.5, 0.6) is 0 Å². The van der Waals surface area contributed by atoms with Crippen molar-refractivity contribution >= 4 is 23.0 Å². The first kappa shape index (κ1) is 15.7. The summed E-state index contributed by atoms with van der Waals surface area (Å²) in [4.78, 5) is 17.1. The fraction of sp³-hybridized carbons (Fsp3) is 0.100. The molecule has 120 valence electrons. The molecule has 0 fully saturated rings. The fourth-order valence-electron chi connectivity index (χ4n) is 2.51. The normalized spacial score (nSPS) is 10.4. The van der Waals surface area contributed by atoms with Crippen LogP contribution in [-0.4, -0.2) is 10.8 Å². The highest BCUT2D eigenvalue weighted by Crippen LogP contribution is 2.26. The first-order chi connectivity index (χ1) is 11.7. The second-order valence-corrected chi connectivity index (χ2v) is 5.49. The lowest BCUT2D eigenvalue weighted by atomic mass is 9.99. The Morgan fingerprint density at radius 2 is 1.88 bits per heavy atom. The largest absolute Gasteiger partial charge is 0.396 e. The summed E-state index contributed by atoms with van der Waals surface area (Å²) in [5.74, 6) is 0.517. The summed E-state index contributed by atoms with van der Waals surface area (Å²) in [5.41, 5.74) is 9.61. The molecule has 0 unspecified atom stereocenters. The number of nitrogens with one attached hydrogen (secondary N) is 1. The van der Waals surface area contributed by atoms with Gasteiger partial charge in [-0.1, -0.05) is 43.3 Å². The molecule has 0 aliphatic rings. The molecule has 2 aromatic carbocycles. The lowest BCUT2D eigenvalue weighted by Crippen LogP contribution is -2.07. The molecule has 3 N–H and O–H groups in total. The van der Waals surface area contributed by atoms with Crippen LogP contribution in [0.3, 0.4) is 0 Å². The van der Waals surface area contributed by atoms with Gasteiger partial charge < -0.3 is 11.1 Å². The lowest BCUT2D eigenvalue weighted by molar-refractivity contribution is 0.103. The van der Waals surface area contributed by atoms with E-state index >= 15 is 0 Å². The van der Waals surface area contributed by atoms with E-state index in [2.05, 4.69) is 17.2 Å². The van der Waals surface area contributed by atoms with Gasteiger partial charge in [0, 0.05) is 17.3 Å². The third-order valence-corrected chi connectivity index (χ3v) is 3.86. The molecule has 24 heavy (non-hydrogen) atoms. The van der Waals surface area contributed by atoms with Crippen molar-refractivity contribution in [1.82, 2.24) is 4.98 Å². The number of carbonyl (C=O) groups excluding carboxylic acids is 1. The number of benzene rings is 2. The molecule has 0 aliphatic carbocycles. The van der Waals surface area contributed by atoms with Crippen LogP contribution in [0, 0.1) is 0 Å². The van der Waals surface area contributed by atoms with Crippen LogP contribution in [-0.2, 0) is 6.42 Å². The first-order valence-electron chi connectivity index (χ1n) is 7.89. The van der Waals surface area contributed by atoms with E-state index in [0.29, 0.717) is 28.3 Å². The van der Waals surface area contributed by atoms with Gasteiger partial charge >= 0.3 is 0 Å². The van der Waals surface area contributed by atoms with E-state index in [0.717, 1.165) is 12.0 Å². The maximum absolute atomic E-state index is 12.9. The van der Waals surface area contributed by atoms with Gasteiger partial charge in [-0.3, -0.25) is 4.79 Å². The van der Waals surface area contributed by atoms with E-state index < -0.39 is 0 Å². The molecule has 0 bridgehead atoms. The molecule has 3 rings (SSSR count). The minimum absolute atomic E-state index is 0.0322. The third kappa shape index (κ3) is 3.27. The highest BCUT2D eigenvalue weighted by Gasteiger charge is 2.15. The van der Waals surface area contributed by atoms with Crippen molar-refractivity contribution in [3.05, 3.63) is 83.6 Å². The number of hydrogen-bond donors (Lipinski definition) is 2. The highest BCUT2D eigenvalue weighted by atomic mass is 16.1. The molecular formula is C20H19N3O. The number of rotatable bonds is 5. The molecule has 0 aliphatic heterocycles. The summed E-state index contributed by atoms with van der Waals surface area (Å²) in [6.45, 7) is 2.08. The van der Waals surface area contributed by atoms with Crippen LogP contribution in [0.25, 0.3) is 0 Å².